The molecule has 1 amide bonds. The van der Waals surface area contributed by atoms with Gasteiger partial charge in [0, 0.05) is 41.5 Å². The molecular formula is C27H32Cl2N2O5S. The van der Waals surface area contributed by atoms with E-state index in [1.165, 1.54) is 4.31 Å². The number of nitrogens with zero attached hydrogens (tertiary/aromatic N) is 2. The Balaban J connectivity index is 1.81. The zero-order valence-electron chi connectivity index (χ0n) is 20.9. The van der Waals surface area contributed by atoms with Crippen LogP contribution in [-0.4, -0.2) is 59.5 Å². The van der Waals surface area contributed by atoms with Crippen LogP contribution in [0.4, 0.5) is 0 Å². The topological polar surface area (TPSA) is 95.0 Å². The fourth-order valence-electron chi connectivity index (χ4n) is 5.41. The van der Waals surface area contributed by atoms with Crippen LogP contribution in [0.15, 0.2) is 48.5 Å². The first kappa shape index (κ1) is 27.9. The Bertz CT molecular complexity index is 1250. The molecule has 0 bridgehead atoms. The van der Waals surface area contributed by atoms with Gasteiger partial charge in [-0.3, -0.25) is 9.59 Å². The molecule has 1 heterocycles. The Morgan fingerprint density at radius 1 is 1.11 bits per heavy atom. The third-order valence-corrected chi connectivity index (χ3v) is 10.3. The molecule has 4 atom stereocenters. The maximum Gasteiger partial charge on any atom is 0.304 e. The predicted octanol–water partition coefficient (Wildman–Crippen LogP) is 5.34. The van der Waals surface area contributed by atoms with Crippen molar-refractivity contribution in [1.82, 2.24) is 9.21 Å². The van der Waals surface area contributed by atoms with E-state index in [2.05, 4.69) is 0 Å². The molecule has 0 spiro atoms. The lowest BCUT2D eigenvalue weighted by molar-refractivity contribution is -0.152. The highest BCUT2D eigenvalue weighted by atomic mass is 35.5. The molecule has 2 aromatic rings. The summed E-state index contributed by atoms with van der Waals surface area (Å²) in [5, 5.41) is 10.4. The highest BCUT2D eigenvalue weighted by Gasteiger charge is 2.47. The first-order valence-corrected chi connectivity index (χ1v) is 14.8. The van der Waals surface area contributed by atoms with Crippen molar-refractivity contribution in [3.63, 3.8) is 0 Å². The molecule has 2 unspecified atom stereocenters. The van der Waals surface area contributed by atoms with Crippen LogP contribution in [0, 0.1) is 5.92 Å². The number of carbonyl (C=O) groups is 2. The number of hydrogen-bond donors (Lipinski definition) is 1. The average molecular weight is 568 g/mol. The third kappa shape index (κ3) is 6.14. The number of hydrogen-bond acceptors (Lipinski definition) is 4. The summed E-state index contributed by atoms with van der Waals surface area (Å²) in [5.41, 5.74) is 1.75. The zero-order valence-corrected chi connectivity index (χ0v) is 23.2. The fraction of sp³-hybridized carbons (Fsp3) is 0.481. The van der Waals surface area contributed by atoms with Gasteiger partial charge in [0.15, 0.2) is 0 Å². The van der Waals surface area contributed by atoms with E-state index in [1.807, 2.05) is 37.3 Å². The molecule has 1 aliphatic heterocycles. The summed E-state index contributed by atoms with van der Waals surface area (Å²) in [4.78, 5) is 27.5. The lowest BCUT2D eigenvalue weighted by Gasteiger charge is -2.49. The van der Waals surface area contributed by atoms with Gasteiger partial charge < -0.3 is 10.0 Å². The van der Waals surface area contributed by atoms with Crippen molar-refractivity contribution < 1.29 is 23.1 Å². The number of piperidine rings is 1. The highest BCUT2D eigenvalue weighted by Crippen LogP contribution is 2.48. The van der Waals surface area contributed by atoms with E-state index in [0.29, 0.717) is 35.7 Å². The van der Waals surface area contributed by atoms with Crippen LogP contribution in [0.25, 0.3) is 0 Å². The van der Waals surface area contributed by atoms with Gasteiger partial charge in [0.05, 0.1) is 17.7 Å². The standard InChI is InChI=1S/C27H32Cl2N2O5S/c1-3-22(16-30(2)37(35,36)23-11-12-23)31-26(17-7-9-20(28)10-8-17)24(18-5-4-6-21(29)13-18)14-19(27(31)34)15-25(32)33/h4-10,13,19,22-24,26H,3,11-12,14-16H2,1-2H3,(H,32,33)/t19-,22?,24+,26?/m0/s1. The van der Waals surface area contributed by atoms with Gasteiger partial charge in [0.25, 0.3) is 0 Å². The number of likely N-dealkylation sites (tertiary alicyclic amines) is 1. The summed E-state index contributed by atoms with van der Waals surface area (Å²) in [6, 6.07) is 13.8. The molecule has 1 aliphatic carbocycles. The molecule has 200 valence electrons. The number of carbonyl (C=O) groups excluding carboxylic acids is 1. The number of carboxylic acid groups (broad SMARTS) is 1. The van der Waals surface area contributed by atoms with Gasteiger partial charge in [0.2, 0.25) is 15.9 Å². The molecule has 0 radical (unpaired) electrons. The Hall–Kier alpha value is -2.13. The molecule has 2 fully saturated rings. The molecule has 37 heavy (non-hydrogen) atoms. The van der Waals surface area contributed by atoms with E-state index in [-0.39, 0.29) is 30.0 Å². The van der Waals surface area contributed by atoms with Gasteiger partial charge in [-0.15, -0.1) is 0 Å². The van der Waals surface area contributed by atoms with Gasteiger partial charge in [0.1, 0.15) is 0 Å². The normalized spacial score (nSPS) is 23.3. The lowest BCUT2D eigenvalue weighted by atomic mass is 9.74. The van der Waals surface area contributed by atoms with Crippen molar-refractivity contribution in [2.75, 3.05) is 13.6 Å². The number of carboxylic acids is 1. The summed E-state index contributed by atoms with van der Waals surface area (Å²) in [6.45, 7) is 2.05. The molecule has 10 heteroatoms. The van der Waals surface area contributed by atoms with Crippen molar-refractivity contribution in [1.29, 1.82) is 0 Å². The number of sulfonamides is 1. The quantitative estimate of drug-likeness (QED) is 0.418. The van der Waals surface area contributed by atoms with Crippen LogP contribution in [0.5, 0.6) is 0 Å². The van der Waals surface area contributed by atoms with Crippen molar-refractivity contribution >= 4 is 45.1 Å². The molecular weight excluding hydrogens is 535 g/mol. The summed E-state index contributed by atoms with van der Waals surface area (Å²) >= 11 is 12.5. The van der Waals surface area contributed by atoms with Crippen LogP contribution < -0.4 is 0 Å². The zero-order chi connectivity index (χ0) is 26.9. The summed E-state index contributed by atoms with van der Waals surface area (Å²) in [7, 11) is -1.89. The Morgan fingerprint density at radius 2 is 1.78 bits per heavy atom. The van der Waals surface area contributed by atoms with Gasteiger partial charge >= 0.3 is 5.97 Å². The minimum absolute atomic E-state index is 0.132. The smallest absolute Gasteiger partial charge is 0.304 e. The van der Waals surface area contributed by atoms with Crippen LogP contribution in [0.1, 0.15) is 62.1 Å². The number of amides is 1. The van der Waals surface area contributed by atoms with E-state index in [0.717, 1.165) is 11.1 Å². The van der Waals surface area contributed by atoms with Crippen molar-refractivity contribution in [2.45, 2.75) is 62.3 Å². The number of benzene rings is 2. The fourth-order valence-corrected chi connectivity index (χ4v) is 7.36. The Labute approximate surface area is 228 Å². The third-order valence-electron chi connectivity index (χ3n) is 7.44. The molecule has 1 saturated heterocycles. The second-order valence-electron chi connectivity index (χ2n) is 10.0. The van der Waals surface area contributed by atoms with Gasteiger partial charge in [-0.05, 0) is 61.1 Å². The molecule has 1 N–H and O–H groups in total. The van der Waals surface area contributed by atoms with E-state index >= 15 is 0 Å². The number of rotatable bonds is 10. The minimum Gasteiger partial charge on any atom is -0.481 e. The van der Waals surface area contributed by atoms with Crippen molar-refractivity contribution in [2.24, 2.45) is 5.92 Å². The summed E-state index contributed by atoms with van der Waals surface area (Å²) in [6.07, 6.45) is 1.84. The van der Waals surface area contributed by atoms with E-state index in [4.69, 9.17) is 23.2 Å². The molecule has 0 aromatic heterocycles. The molecule has 1 saturated carbocycles. The first-order valence-electron chi connectivity index (χ1n) is 12.5. The van der Waals surface area contributed by atoms with Crippen LogP contribution in [-0.2, 0) is 19.6 Å². The predicted molar refractivity (Wildman–Crippen MR) is 144 cm³/mol. The van der Waals surface area contributed by atoms with Gasteiger partial charge in [-0.1, -0.05) is 54.4 Å². The van der Waals surface area contributed by atoms with Gasteiger partial charge in [-0.2, -0.15) is 0 Å². The maximum absolute atomic E-state index is 14.0. The van der Waals surface area contributed by atoms with E-state index in [1.54, 1.807) is 30.1 Å². The molecule has 7 nitrogen and oxygen atoms in total. The number of likely N-dealkylation sites (N-methyl/N-ethyl adjacent to an activating group) is 1. The average Bonchev–Trinajstić information content (AvgIpc) is 3.70. The summed E-state index contributed by atoms with van der Waals surface area (Å²) < 4.78 is 27.3. The first-order chi connectivity index (χ1) is 17.5. The Kier molecular flexibility index (Phi) is 8.53. The second kappa shape index (κ2) is 11.3. The van der Waals surface area contributed by atoms with Crippen LogP contribution >= 0.6 is 23.2 Å². The number of aliphatic carboxylic acids is 1. The maximum atomic E-state index is 14.0. The second-order valence-corrected chi connectivity index (χ2v) is 13.2. The highest BCUT2D eigenvalue weighted by molar-refractivity contribution is 7.90. The molecule has 2 aromatic carbocycles. The van der Waals surface area contributed by atoms with Crippen LogP contribution in [0.2, 0.25) is 10.0 Å². The molecule has 2 aliphatic rings. The monoisotopic (exact) mass is 566 g/mol. The van der Waals surface area contributed by atoms with Crippen LogP contribution in [0.3, 0.4) is 0 Å². The van der Waals surface area contributed by atoms with Crippen molar-refractivity contribution in [3.05, 3.63) is 69.7 Å². The largest absolute Gasteiger partial charge is 0.481 e. The SMILES string of the molecule is CCC(CN(C)S(=O)(=O)C1CC1)N1C(=O)[C@H](CC(=O)O)C[C@H](c2cccc(Cl)c2)C1c1ccc(Cl)cc1. The van der Waals surface area contributed by atoms with E-state index < -0.39 is 34.0 Å². The summed E-state index contributed by atoms with van der Waals surface area (Å²) in [5.74, 6) is -2.31. The number of halogens is 2. The lowest BCUT2D eigenvalue weighted by Crippen LogP contribution is -2.55. The van der Waals surface area contributed by atoms with E-state index in [9.17, 15) is 23.1 Å². The Morgan fingerprint density at radius 3 is 2.35 bits per heavy atom. The minimum atomic E-state index is -3.45. The van der Waals surface area contributed by atoms with Crippen molar-refractivity contribution in [3.8, 4) is 0 Å². The molecule has 4 rings (SSSR count). The van der Waals surface area contributed by atoms with Gasteiger partial charge in [-0.25, -0.2) is 12.7 Å².